The third-order valence-corrected chi connectivity index (χ3v) is 5.77. The van der Waals surface area contributed by atoms with Crippen LogP contribution in [0.25, 0.3) is 0 Å². The van der Waals surface area contributed by atoms with Crippen LogP contribution in [0.15, 0.2) is 24.3 Å². The third kappa shape index (κ3) is 4.02. The molecule has 2 N–H and O–H groups in total. The van der Waals surface area contributed by atoms with Crippen molar-refractivity contribution in [1.82, 2.24) is 0 Å². The average molecular weight is 353 g/mol. The van der Waals surface area contributed by atoms with Gasteiger partial charge in [0.05, 0.1) is 5.56 Å². The second-order valence-electron chi connectivity index (χ2n) is 6.61. The molecular weight excluding hydrogens is 330 g/mol. The molecule has 1 aromatic carbocycles. The fourth-order valence-corrected chi connectivity index (χ4v) is 4.46. The Kier molecular flexibility index (Phi) is 5.40. The van der Waals surface area contributed by atoms with Gasteiger partial charge in [0.2, 0.25) is 5.91 Å². The predicted octanol–water partition coefficient (Wildman–Crippen LogP) is 4.64. The number of benzene rings is 1. The minimum absolute atomic E-state index is 0.116. The number of hydrogen-bond donors (Lipinski definition) is 2. The van der Waals surface area contributed by atoms with Gasteiger partial charge in [-0.1, -0.05) is 18.6 Å². The fraction of sp³-hybridized carbons (Fsp3) is 0.400. The molecule has 1 atom stereocenters. The zero-order valence-corrected chi connectivity index (χ0v) is 15.5. The van der Waals surface area contributed by atoms with Crippen LogP contribution in [0.3, 0.4) is 0 Å². The minimum atomic E-state index is -0.379. The lowest BCUT2D eigenvalue weighted by Crippen LogP contribution is -2.31. The summed E-state index contributed by atoms with van der Waals surface area (Å²) in [4.78, 5) is 13.8. The minimum Gasteiger partial charge on any atom is -0.374 e. The van der Waals surface area contributed by atoms with Crippen molar-refractivity contribution < 1.29 is 4.79 Å². The normalized spacial score (nSPS) is 14.8. The summed E-state index contributed by atoms with van der Waals surface area (Å²) in [5.74, 6) is -0.116. The molecular formula is C20H23N3OS. The largest absolute Gasteiger partial charge is 0.374 e. The topological polar surface area (TPSA) is 64.9 Å². The first-order valence-corrected chi connectivity index (χ1v) is 9.59. The zero-order chi connectivity index (χ0) is 17.8. The molecule has 0 fully saturated rings. The molecule has 1 aromatic heterocycles. The highest BCUT2D eigenvalue weighted by molar-refractivity contribution is 7.16. The third-order valence-electron chi connectivity index (χ3n) is 4.56. The quantitative estimate of drug-likeness (QED) is 0.787. The fourth-order valence-electron chi connectivity index (χ4n) is 3.22. The van der Waals surface area contributed by atoms with Crippen LogP contribution in [0.4, 0.5) is 10.7 Å². The molecule has 1 heterocycles. The molecule has 4 nitrogen and oxygen atoms in total. The van der Waals surface area contributed by atoms with Crippen molar-refractivity contribution in [2.24, 2.45) is 0 Å². The van der Waals surface area contributed by atoms with Gasteiger partial charge in [-0.25, -0.2) is 0 Å². The molecule has 0 bridgehead atoms. The summed E-state index contributed by atoms with van der Waals surface area (Å²) >= 11 is 1.57. The Morgan fingerprint density at radius 2 is 2.08 bits per heavy atom. The molecule has 1 amide bonds. The summed E-state index contributed by atoms with van der Waals surface area (Å²) in [7, 11) is 0. The highest BCUT2D eigenvalue weighted by atomic mass is 32.1. The molecule has 5 heteroatoms. The Bertz CT molecular complexity index is 819. The highest BCUT2D eigenvalue weighted by Gasteiger charge is 2.22. The average Bonchev–Trinajstić information content (AvgIpc) is 2.75. The molecule has 1 aliphatic rings. The van der Waals surface area contributed by atoms with Crippen LogP contribution in [0.2, 0.25) is 0 Å². The van der Waals surface area contributed by atoms with Crippen LogP contribution in [-0.2, 0) is 17.6 Å². The standard InChI is InChI=1S/C20H23N3OS/c1-13-7-6-8-15(11-13)22-14(2)19(24)23-20-17(12-21)16-9-4-3-5-10-18(16)25-20/h6-8,11,14,22H,3-5,9-10H2,1-2H3,(H,23,24)/t14-/m1/s1. The van der Waals surface area contributed by atoms with Crippen LogP contribution in [0.5, 0.6) is 0 Å². The summed E-state index contributed by atoms with van der Waals surface area (Å²) < 4.78 is 0. The van der Waals surface area contributed by atoms with Crippen molar-refractivity contribution in [1.29, 1.82) is 5.26 Å². The SMILES string of the molecule is Cc1cccc(N[C@H](C)C(=O)Nc2sc3c(c2C#N)CCCCC3)c1. The lowest BCUT2D eigenvalue weighted by Gasteiger charge is -2.15. The Morgan fingerprint density at radius 3 is 2.84 bits per heavy atom. The summed E-state index contributed by atoms with van der Waals surface area (Å²) in [5, 5.41) is 16.5. The van der Waals surface area contributed by atoms with Gasteiger partial charge in [0.25, 0.3) is 0 Å². The Hall–Kier alpha value is -2.32. The van der Waals surface area contributed by atoms with Gasteiger partial charge in [-0.05, 0) is 62.8 Å². The molecule has 3 rings (SSSR count). The van der Waals surface area contributed by atoms with E-state index < -0.39 is 0 Å². The van der Waals surface area contributed by atoms with E-state index in [1.54, 1.807) is 11.3 Å². The summed E-state index contributed by atoms with van der Waals surface area (Å²) in [6.45, 7) is 3.86. The Balaban J connectivity index is 1.73. The molecule has 0 aliphatic heterocycles. The van der Waals surface area contributed by atoms with Gasteiger partial charge in [-0.15, -0.1) is 11.3 Å². The molecule has 1 aliphatic carbocycles. The highest BCUT2D eigenvalue weighted by Crippen LogP contribution is 2.37. The number of aryl methyl sites for hydroxylation is 2. The monoisotopic (exact) mass is 353 g/mol. The van der Waals surface area contributed by atoms with E-state index >= 15 is 0 Å². The number of anilines is 2. The van der Waals surface area contributed by atoms with Crippen molar-refractivity contribution in [2.45, 2.75) is 52.0 Å². The molecule has 25 heavy (non-hydrogen) atoms. The molecule has 0 saturated heterocycles. The maximum atomic E-state index is 12.6. The number of hydrogen-bond acceptors (Lipinski definition) is 4. The van der Waals surface area contributed by atoms with E-state index in [0.717, 1.165) is 42.5 Å². The van der Waals surface area contributed by atoms with Gasteiger partial charge in [-0.2, -0.15) is 5.26 Å². The van der Waals surface area contributed by atoms with Gasteiger partial charge < -0.3 is 10.6 Å². The van der Waals surface area contributed by atoms with Crippen molar-refractivity contribution in [3.8, 4) is 6.07 Å². The number of nitrogens with one attached hydrogen (secondary N) is 2. The van der Waals surface area contributed by atoms with Gasteiger partial charge in [0.15, 0.2) is 0 Å². The Labute approximate surface area is 152 Å². The second kappa shape index (κ2) is 7.71. The molecule has 0 saturated carbocycles. The summed E-state index contributed by atoms with van der Waals surface area (Å²) in [6, 6.07) is 9.88. The van der Waals surface area contributed by atoms with E-state index in [4.69, 9.17) is 0 Å². The van der Waals surface area contributed by atoms with Gasteiger partial charge in [0, 0.05) is 10.6 Å². The van der Waals surface area contributed by atoms with E-state index in [1.165, 1.54) is 11.3 Å². The first-order valence-electron chi connectivity index (χ1n) is 8.77. The summed E-state index contributed by atoms with van der Waals surface area (Å²) in [5.41, 5.74) is 3.88. The Morgan fingerprint density at radius 1 is 1.28 bits per heavy atom. The smallest absolute Gasteiger partial charge is 0.247 e. The van der Waals surface area contributed by atoms with Gasteiger partial charge >= 0.3 is 0 Å². The number of fused-ring (bicyclic) bond motifs is 1. The first-order chi connectivity index (χ1) is 12.1. The number of thiophene rings is 1. The maximum absolute atomic E-state index is 12.6. The van der Waals surface area contributed by atoms with E-state index in [9.17, 15) is 10.1 Å². The van der Waals surface area contributed by atoms with Crippen LogP contribution in [0.1, 0.15) is 47.8 Å². The summed E-state index contributed by atoms with van der Waals surface area (Å²) in [6.07, 6.45) is 5.46. The number of rotatable bonds is 4. The number of carbonyl (C=O) groups excluding carboxylic acids is 1. The van der Waals surface area contributed by atoms with Gasteiger partial charge in [0.1, 0.15) is 17.1 Å². The van der Waals surface area contributed by atoms with Crippen LogP contribution < -0.4 is 10.6 Å². The van der Waals surface area contributed by atoms with Crippen LogP contribution in [-0.4, -0.2) is 11.9 Å². The van der Waals surface area contributed by atoms with Crippen molar-refractivity contribution >= 4 is 27.9 Å². The number of carbonyl (C=O) groups is 1. The predicted molar refractivity (Wildman–Crippen MR) is 103 cm³/mol. The lowest BCUT2D eigenvalue weighted by atomic mass is 10.1. The van der Waals surface area contributed by atoms with Crippen molar-refractivity contribution in [2.75, 3.05) is 10.6 Å². The zero-order valence-electron chi connectivity index (χ0n) is 14.7. The maximum Gasteiger partial charge on any atom is 0.247 e. The lowest BCUT2D eigenvalue weighted by molar-refractivity contribution is -0.116. The molecule has 0 spiro atoms. The van der Waals surface area contributed by atoms with Crippen molar-refractivity contribution in [3.05, 3.63) is 45.8 Å². The van der Waals surface area contributed by atoms with E-state index in [1.807, 2.05) is 38.1 Å². The van der Waals surface area contributed by atoms with Crippen LogP contribution >= 0.6 is 11.3 Å². The molecule has 2 aromatic rings. The number of nitriles is 1. The first kappa shape index (κ1) is 17.5. The van der Waals surface area contributed by atoms with E-state index in [-0.39, 0.29) is 11.9 Å². The van der Waals surface area contributed by atoms with E-state index in [0.29, 0.717) is 10.6 Å². The van der Waals surface area contributed by atoms with E-state index in [2.05, 4.69) is 16.7 Å². The number of amides is 1. The molecule has 130 valence electrons. The molecule has 0 radical (unpaired) electrons. The second-order valence-corrected chi connectivity index (χ2v) is 7.71. The number of nitrogens with zero attached hydrogens (tertiary/aromatic N) is 1. The van der Waals surface area contributed by atoms with Gasteiger partial charge in [-0.3, -0.25) is 4.79 Å². The molecule has 0 unspecified atom stereocenters. The van der Waals surface area contributed by atoms with Crippen LogP contribution in [0, 0.1) is 18.3 Å². The van der Waals surface area contributed by atoms with Crippen molar-refractivity contribution in [3.63, 3.8) is 0 Å².